The summed E-state index contributed by atoms with van der Waals surface area (Å²) >= 11 is 11.0. The lowest BCUT2D eigenvalue weighted by atomic mass is 9.95. The molecule has 0 unspecified atom stereocenters. The summed E-state index contributed by atoms with van der Waals surface area (Å²) in [5.41, 5.74) is 4.38. The molecule has 5 rings (SSSR count). The van der Waals surface area contributed by atoms with Crippen LogP contribution in [0.15, 0.2) is 92.3 Å². The zero-order chi connectivity index (χ0) is 28.4. The Balaban J connectivity index is 1.52. The number of esters is 1. The van der Waals surface area contributed by atoms with Crippen LogP contribution in [0, 0.1) is 6.92 Å². The minimum Gasteiger partial charge on any atom is -0.488 e. The summed E-state index contributed by atoms with van der Waals surface area (Å²) in [4.78, 5) is 32.0. The first-order valence-electron chi connectivity index (χ1n) is 12.7. The molecule has 0 radical (unpaired) electrons. The van der Waals surface area contributed by atoms with E-state index in [1.54, 1.807) is 18.4 Å². The number of nitrogens with zero attached hydrogens (tertiary/aromatic N) is 2. The minimum absolute atomic E-state index is 0.221. The first-order chi connectivity index (χ1) is 19.2. The molecule has 0 N–H and O–H groups in total. The lowest BCUT2D eigenvalue weighted by molar-refractivity contribution is -0.139. The third-order valence-corrected chi connectivity index (χ3v) is 8.28. The molecule has 9 heteroatoms. The van der Waals surface area contributed by atoms with Crippen LogP contribution >= 0.6 is 38.9 Å². The lowest BCUT2D eigenvalue weighted by Gasteiger charge is -2.24. The van der Waals surface area contributed by atoms with E-state index < -0.39 is 12.0 Å². The first-order valence-corrected chi connectivity index (χ1v) is 14.7. The van der Waals surface area contributed by atoms with Crippen LogP contribution in [0.5, 0.6) is 5.75 Å². The van der Waals surface area contributed by atoms with E-state index in [2.05, 4.69) is 20.9 Å². The molecule has 0 spiro atoms. The quantitative estimate of drug-likeness (QED) is 0.230. The number of carbonyl (C=O) groups excluding carboxylic acids is 1. The topological polar surface area (TPSA) is 69.9 Å². The summed E-state index contributed by atoms with van der Waals surface area (Å²) in [6.07, 6.45) is 1.82. The van der Waals surface area contributed by atoms with Gasteiger partial charge in [-0.2, -0.15) is 0 Å². The summed E-state index contributed by atoms with van der Waals surface area (Å²) in [5, 5.41) is 0.658. The van der Waals surface area contributed by atoms with Gasteiger partial charge in [0.2, 0.25) is 0 Å². The standard InChI is InChI=1S/C31H26BrClN2O4S/c1-4-38-30(37)27-19(3)34-31-35(28(27)22-11-8-18(2)9-12-22)29(36)26(40-31)16-20-10-13-25(24(32)15-20)39-17-21-6-5-7-23(33)14-21/h5-16,28H,4,17H2,1-3H3/b26-16-/t28-/m0/s1. The second kappa shape index (κ2) is 12.0. The molecule has 0 fully saturated rings. The highest BCUT2D eigenvalue weighted by Gasteiger charge is 2.33. The number of thiazole rings is 1. The fourth-order valence-corrected chi connectivity index (χ4v) is 6.29. The lowest BCUT2D eigenvalue weighted by Crippen LogP contribution is -2.39. The molecule has 0 saturated carbocycles. The van der Waals surface area contributed by atoms with E-state index in [0.29, 0.717) is 38.0 Å². The molecule has 2 heterocycles. The second-order valence-electron chi connectivity index (χ2n) is 9.32. The van der Waals surface area contributed by atoms with Crippen molar-refractivity contribution < 1.29 is 14.3 Å². The highest BCUT2D eigenvalue weighted by atomic mass is 79.9. The van der Waals surface area contributed by atoms with Crippen LogP contribution in [0.3, 0.4) is 0 Å². The molecule has 0 saturated heterocycles. The molecular weight excluding hydrogens is 612 g/mol. The monoisotopic (exact) mass is 636 g/mol. The van der Waals surface area contributed by atoms with Crippen molar-refractivity contribution in [3.05, 3.63) is 129 Å². The van der Waals surface area contributed by atoms with Crippen molar-refractivity contribution in [2.75, 3.05) is 6.61 Å². The summed E-state index contributed by atoms with van der Waals surface area (Å²) in [6, 6.07) is 20.4. The number of carbonyl (C=O) groups is 1. The Morgan fingerprint density at radius 3 is 2.60 bits per heavy atom. The van der Waals surface area contributed by atoms with E-state index in [1.807, 2.05) is 79.7 Å². The molecule has 0 aliphatic carbocycles. The number of fused-ring (bicyclic) bond motifs is 1. The highest BCUT2D eigenvalue weighted by molar-refractivity contribution is 9.10. The highest BCUT2D eigenvalue weighted by Crippen LogP contribution is 2.31. The van der Waals surface area contributed by atoms with Gasteiger partial charge in [0.25, 0.3) is 5.56 Å². The van der Waals surface area contributed by atoms with Crippen LogP contribution in [0.1, 0.15) is 42.1 Å². The number of benzene rings is 3. The van der Waals surface area contributed by atoms with Crippen LogP contribution in [0.4, 0.5) is 0 Å². The van der Waals surface area contributed by atoms with Gasteiger partial charge in [-0.1, -0.05) is 71.0 Å². The zero-order valence-electron chi connectivity index (χ0n) is 22.1. The number of hydrogen-bond acceptors (Lipinski definition) is 6. The van der Waals surface area contributed by atoms with E-state index in [9.17, 15) is 9.59 Å². The minimum atomic E-state index is -0.632. The normalized spacial score (nSPS) is 15.0. The molecule has 0 amide bonds. The van der Waals surface area contributed by atoms with Gasteiger partial charge in [-0.05, 0) is 83.7 Å². The third kappa shape index (κ3) is 5.84. The van der Waals surface area contributed by atoms with E-state index >= 15 is 0 Å². The molecule has 6 nitrogen and oxygen atoms in total. The van der Waals surface area contributed by atoms with Crippen molar-refractivity contribution in [1.82, 2.24) is 4.57 Å². The molecule has 4 aromatic rings. The van der Waals surface area contributed by atoms with E-state index in [1.165, 1.54) is 11.3 Å². The van der Waals surface area contributed by atoms with E-state index in [4.69, 9.17) is 21.1 Å². The van der Waals surface area contributed by atoms with Gasteiger partial charge in [0.1, 0.15) is 12.4 Å². The molecule has 1 aliphatic heterocycles. The maximum atomic E-state index is 13.8. The van der Waals surface area contributed by atoms with Crippen molar-refractivity contribution >= 4 is 50.9 Å². The molecule has 1 aromatic heterocycles. The largest absolute Gasteiger partial charge is 0.488 e. The number of ether oxygens (including phenoxy) is 2. The van der Waals surface area contributed by atoms with Crippen molar-refractivity contribution in [1.29, 1.82) is 0 Å². The molecular formula is C31H26BrClN2O4S. The van der Waals surface area contributed by atoms with Crippen LogP contribution in [-0.2, 0) is 16.1 Å². The van der Waals surface area contributed by atoms with Crippen molar-refractivity contribution in [2.45, 2.75) is 33.4 Å². The van der Waals surface area contributed by atoms with Gasteiger partial charge in [0, 0.05) is 5.02 Å². The Morgan fingerprint density at radius 2 is 1.90 bits per heavy atom. The number of halogens is 2. The molecule has 40 heavy (non-hydrogen) atoms. The Bertz CT molecular complexity index is 1810. The fourth-order valence-electron chi connectivity index (χ4n) is 4.52. The predicted molar refractivity (Wildman–Crippen MR) is 162 cm³/mol. The van der Waals surface area contributed by atoms with Crippen LogP contribution in [0.2, 0.25) is 5.02 Å². The summed E-state index contributed by atoms with van der Waals surface area (Å²) in [7, 11) is 0. The first kappa shape index (κ1) is 28.1. The molecule has 3 aromatic carbocycles. The average molecular weight is 638 g/mol. The molecule has 204 valence electrons. The second-order valence-corrected chi connectivity index (χ2v) is 11.6. The fraction of sp³-hybridized carbons (Fsp3) is 0.194. The van der Waals surface area contributed by atoms with Crippen LogP contribution in [0.25, 0.3) is 6.08 Å². The van der Waals surface area contributed by atoms with Crippen LogP contribution in [-0.4, -0.2) is 17.1 Å². The molecule has 1 aliphatic rings. The number of aryl methyl sites for hydroxylation is 1. The maximum Gasteiger partial charge on any atom is 0.338 e. The van der Waals surface area contributed by atoms with E-state index in [0.717, 1.165) is 26.7 Å². The summed E-state index contributed by atoms with van der Waals surface area (Å²) < 4.78 is 14.2. The molecule has 0 bridgehead atoms. The Morgan fingerprint density at radius 1 is 1.12 bits per heavy atom. The Kier molecular flexibility index (Phi) is 8.40. The van der Waals surface area contributed by atoms with Gasteiger partial charge in [-0.15, -0.1) is 0 Å². The van der Waals surface area contributed by atoms with Gasteiger partial charge in [-0.3, -0.25) is 9.36 Å². The number of hydrogen-bond donors (Lipinski definition) is 0. The van der Waals surface area contributed by atoms with Crippen molar-refractivity contribution in [3.63, 3.8) is 0 Å². The Hall–Kier alpha value is -3.46. The van der Waals surface area contributed by atoms with Gasteiger partial charge < -0.3 is 9.47 Å². The maximum absolute atomic E-state index is 13.8. The molecule has 1 atom stereocenters. The number of rotatable bonds is 7. The van der Waals surface area contributed by atoms with Crippen molar-refractivity contribution in [3.8, 4) is 5.75 Å². The average Bonchev–Trinajstić information content (AvgIpc) is 3.22. The smallest absolute Gasteiger partial charge is 0.338 e. The van der Waals surface area contributed by atoms with Crippen molar-refractivity contribution in [2.24, 2.45) is 4.99 Å². The van der Waals surface area contributed by atoms with Gasteiger partial charge in [0.15, 0.2) is 4.80 Å². The van der Waals surface area contributed by atoms with Crippen LogP contribution < -0.4 is 19.6 Å². The van der Waals surface area contributed by atoms with Gasteiger partial charge >= 0.3 is 5.97 Å². The van der Waals surface area contributed by atoms with E-state index in [-0.39, 0.29) is 12.2 Å². The Labute approximate surface area is 249 Å². The van der Waals surface area contributed by atoms with Gasteiger partial charge in [0.05, 0.1) is 32.9 Å². The van der Waals surface area contributed by atoms with Gasteiger partial charge in [-0.25, -0.2) is 9.79 Å². The predicted octanol–water partition coefficient (Wildman–Crippen LogP) is 6.10. The zero-order valence-corrected chi connectivity index (χ0v) is 25.3. The number of aromatic nitrogens is 1. The SMILES string of the molecule is CCOC(=O)C1=C(C)N=c2s/c(=C\c3ccc(OCc4cccc(Cl)c4)c(Br)c3)c(=O)n2[C@H]1c1ccc(C)cc1. The third-order valence-electron chi connectivity index (χ3n) is 6.45. The summed E-state index contributed by atoms with van der Waals surface area (Å²) in [5.74, 6) is 0.202. The number of allylic oxidation sites excluding steroid dienone is 1. The summed E-state index contributed by atoms with van der Waals surface area (Å²) in [6.45, 7) is 6.14.